The fraction of sp³-hybridized carbons (Fsp3) is 0.200. The molecule has 23 heteroatoms. The van der Waals surface area contributed by atoms with Gasteiger partial charge in [-0.25, -0.2) is 19.7 Å². The molecular formula is C50H42N14O9. The monoisotopic (exact) mass is 982 g/mol. The number of tetrazole rings is 1. The molecule has 0 unspecified atom stereocenters. The number of amides is 2. The number of aromatic carboxylic acids is 1. The number of hydrogen-bond acceptors (Lipinski definition) is 16. The van der Waals surface area contributed by atoms with Gasteiger partial charge in [0.25, 0.3) is 22.9 Å². The summed E-state index contributed by atoms with van der Waals surface area (Å²) in [4.78, 5) is 84.9. The summed E-state index contributed by atoms with van der Waals surface area (Å²) in [6.45, 7) is 0.112. The lowest BCUT2D eigenvalue weighted by Gasteiger charge is -2.39. The second-order valence-corrected chi connectivity index (χ2v) is 17.7. The first kappa shape index (κ1) is 45.6. The minimum Gasteiger partial charge on any atom is -0.501 e. The van der Waals surface area contributed by atoms with Gasteiger partial charge in [0.1, 0.15) is 12.0 Å². The number of aryl methyl sites for hydroxylation is 1. The third-order valence-electron chi connectivity index (χ3n) is 13.1. The molecule has 2 amide bonds. The Morgan fingerprint density at radius 1 is 0.808 bits per heavy atom. The van der Waals surface area contributed by atoms with Gasteiger partial charge in [0.2, 0.25) is 23.3 Å². The summed E-state index contributed by atoms with van der Waals surface area (Å²) in [5.41, 5.74) is 2.56. The lowest BCUT2D eigenvalue weighted by molar-refractivity contribution is 0.0696. The predicted octanol–water partition coefficient (Wildman–Crippen LogP) is 5.07. The predicted molar refractivity (Wildman–Crippen MR) is 261 cm³/mol. The molecule has 11 rings (SSSR count). The molecule has 5 aromatic heterocycles. The van der Waals surface area contributed by atoms with Crippen molar-refractivity contribution in [3.63, 3.8) is 0 Å². The van der Waals surface area contributed by atoms with Gasteiger partial charge in [-0.05, 0) is 95.6 Å². The molecule has 0 saturated heterocycles. The number of carbonyl (C=O) groups excluding carboxylic acids is 2. The Hall–Kier alpha value is -9.80. The van der Waals surface area contributed by atoms with Crippen molar-refractivity contribution in [2.45, 2.75) is 44.3 Å². The van der Waals surface area contributed by atoms with Crippen molar-refractivity contribution in [3.8, 4) is 34.5 Å². The highest BCUT2D eigenvalue weighted by molar-refractivity contribution is 6.05. The number of carbonyl (C=O) groups is 3. The molecule has 2 aliphatic rings. The zero-order valence-corrected chi connectivity index (χ0v) is 38.9. The van der Waals surface area contributed by atoms with Crippen LogP contribution < -0.4 is 26.7 Å². The maximum Gasteiger partial charge on any atom is 0.335 e. The van der Waals surface area contributed by atoms with E-state index < -0.39 is 57.8 Å². The number of hydrogen-bond donors (Lipinski definition) is 5. The SMILES string of the molecule is Cn1nnc(-c2ccc3nc(-c4nc(C(=O)Nc5cnoc5)c(O)c(=O)n4Cc4ccc(NC(=O)c5nc(N6CCc7cc(C(=O)O)ccc7[C@H]6c6ccccc6)n(C)c(=O)c5O)cc4)n(C4CCC4)c3c2)n1. The van der Waals surface area contributed by atoms with Crippen LogP contribution in [0, 0.1) is 0 Å². The minimum absolute atomic E-state index is 0.0161. The number of carboxylic acid groups (broad SMARTS) is 1. The second-order valence-electron chi connectivity index (χ2n) is 17.7. The van der Waals surface area contributed by atoms with Crippen LogP contribution in [0.25, 0.3) is 34.1 Å². The highest BCUT2D eigenvalue weighted by Gasteiger charge is 2.35. The molecule has 0 bridgehead atoms. The van der Waals surface area contributed by atoms with Crippen molar-refractivity contribution >= 4 is 46.1 Å². The van der Waals surface area contributed by atoms with E-state index in [-0.39, 0.29) is 47.1 Å². The topological polar surface area (TPSA) is 296 Å². The van der Waals surface area contributed by atoms with Crippen LogP contribution in [-0.4, -0.2) is 93.7 Å². The smallest absolute Gasteiger partial charge is 0.335 e. The van der Waals surface area contributed by atoms with Gasteiger partial charge in [-0.1, -0.05) is 53.7 Å². The number of fused-ring (bicyclic) bond motifs is 2. The highest BCUT2D eigenvalue weighted by atomic mass is 16.5. The Bertz CT molecular complexity index is 3790. The zero-order valence-electron chi connectivity index (χ0n) is 38.9. The normalized spacial score (nSPS) is 14.4. The number of aromatic hydroxyl groups is 2. The molecule has 1 aliphatic heterocycles. The van der Waals surface area contributed by atoms with Crippen LogP contribution in [-0.2, 0) is 27.1 Å². The summed E-state index contributed by atoms with van der Waals surface area (Å²) in [6, 6.07) is 25.6. The van der Waals surface area contributed by atoms with Gasteiger partial charge < -0.3 is 39.9 Å². The summed E-state index contributed by atoms with van der Waals surface area (Å²) in [5, 5.41) is 53.5. The van der Waals surface area contributed by atoms with Crippen LogP contribution in [0.1, 0.15) is 84.9 Å². The summed E-state index contributed by atoms with van der Waals surface area (Å²) >= 11 is 0. The average molecular weight is 983 g/mol. The van der Waals surface area contributed by atoms with E-state index in [1.165, 1.54) is 39.5 Å². The second kappa shape index (κ2) is 18.2. The number of aromatic nitrogens is 11. The summed E-state index contributed by atoms with van der Waals surface area (Å²) in [6.07, 6.45) is 5.37. The van der Waals surface area contributed by atoms with E-state index in [2.05, 4.69) is 41.2 Å². The standard InChI is InChI=1S/C50H42N14O9/c1-60-47(69)40(65)38(56-50(60)62-20-19-28-21-30(49(71)72)13-17-34(28)39(62)27-7-4-3-5-8-27)46(68)52-31-15-11-26(12-16-31)24-63-43(55-37(41(66)48(63)70)45(67)53-32-23-51-73-25-32)44-54-35-18-14-29(42-57-59-61(2)58-42)22-36(35)64(44)33-9-6-10-33/h3-5,7-8,11-18,21-23,25,33,39,65-66H,6,9-10,19-20,24H2,1-2H3,(H,52,68)(H,53,67)(H,71,72)/t39-/m1/s1. The molecule has 23 nitrogen and oxygen atoms in total. The van der Waals surface area contributed by atoms with Gasteiger partial charge in [0.15, 0.2) is 23.0 Å². The number of nitrogens with one attached hydrogen (secondary N) is 2. The van der Waals surface area contributed by atoms with Crippen molar-refractivity contribution in [2.75, 3.05) is 22.1 Å². The maximum absolute atomic E-state index is 14.4. The molecule has 4 aromatic carbocycles. The van der Waals surface area contributed by atoms with Crippen molar-refractivity contribution in [3.05, 3.63) is 163 Å². The van der Waals surface area contributed by atoms with Crippen molar-refractivity contribution in [1.29, 1.82) is 0 Å². The van der Waals surface area contributed by atoms with E-state index in [0.29, 0.717) is 41.0 Å². The minimum atomic E-state index is -1.06. The van der Waals surface area contributed by atoms with E-state index in [1.807, 2.05) is 45.9 Å². The first-order valence-electron chi connectivity index (χ1n) is 23.0. The Labute approximate surface area is 411 Å². The van der Waals surface area contributed by atoms with Crippen LogP contribution in [0.5, 0.6) is 11.5 Å². The van der Waals surface area contributed by atoms with E-state index in [9.17, 15) is 39.3 Å². The molecular weight excluding hydrogens is 941 g/mol. The zero-order chi connectivity index (χ0) is 50.7. The Morgan fingerprint density at radius 3 is 2.23 bits per heavy atom. The molecule has 1 aliphatic carbocycles. The molecule has 1 atom stereocenters. The average Bonchev–Trinajstić information content (AvgIpc) is 4.15. The van der Waals surface area contributed by atoms with Crippen LogP contribution >= 0.6 is 0 Å². The summed E-state index contributed by atoms with van der Waals surface area (Å²) in [7, 11) is 3.11. The molecule has 0 radical (unpaired) electrons. The lowest BCUT2D eigenvalue weighted by atomic mass is 9.87. The Balaban J connectivity index is 0.926. The van der Waals surface area contributed by atoms with Gasteiger partial charge in [0.05, 0.1) is 42.4 Å². The molecule has 9 aromatic rings. The molecule has 1 fully saturated rings. The van der Waals surface area contributed by atoms with Crippen LogP contribution in [0.15, 0.2) is 118 Å². The number of anilines is 3. The van der Waals surface area contributed by atoms with Gasteiger partial charge in [-0.3, -0.25) is 28.3 Å². The van der Waals surface area contributed by atoms with Gasteiger partial charge in [0, 0.05) is 30.9 Å². The maximum atomic E-state index is 14.4. The van der Waals surface area contributed by atoms with E-state index in [0.717, 1.165) is 36.0 Å². The van der Waals surface area contributed by atoms with Crippen molar-refractivity contribution < 1.29 is 34.2 Å². The fourth-order valence-corrected chi connectivity index (χ4v) is 9.31. The largest absolute Gasteiger partial charge is 0.501 e. The van der Waals surface area contributed by atoms with Gasteiger partial charge in [-0.15, -0.1) is 10.2 Å². The number of benzene rings is 4. The number of rotatable bonds is 12. The number of carboxylic acids is 1. The Morgan fingerprint density at radius 2 is 1.55 bits per heavy atom. The lowest BCUT2D eigenvalue weighted by Crippen LogP contribution is -2.41. The van der Waals surface area contributed by atoms with Crippen LogP contribution in [0.2, 0.25) is 0 Å². The Kier molecular flexibility index (Phi) is 11.4. The molecule has 1 saturated carbocycles. The highest BCUT2D eigenvalue weighted by Crippen LogP contribution is 2.41. The van der Waals surface area contributed by atoms with Crippen LogP contribution in [0.3, 0.4) is 0 Å². The summed E-state index contributed by atoms with van der Waals surface area (Å²) in [5.74, 6) is -3.88. The van der Waals surface area contributed by atoms with Crippen molar-refractivity contribution in [1.82, 2.24) is 54.0 Å². The third-order valence-corrected chi connectivity index (χ3v) is 13.1. The van der Waals surface area contributed by atoms with Crippen molar-refractivity contribution in [2.24, 2.45) is 14.1 Å². The number of nitrogens with zero attached hydrogens (tertiary/aromatic N) is 12. The molecule has 0 spiro atoms. The van der Waals surface area contributed by atoms with E-state index in [1.54, 1.807) is 55.6 Å². The molecule has 6 heterocycles. The van der Waals surface area contributed by atoms with E-state index >= 15 is 0 Å². The summed E-state index contributed by atoms with van der Waals surface area (Å²) < 4.78 is 9.21. The van der Waals surface area contributed by atoms with Crippen LogP contribution in [0.4, 0.5) is 17.3 Å². The first-order chi connectivity index (χ1) is 35.3. The molecule has 366 valence electrons. The van der Waals surface area contributed by atoms with Gasteiger partial charge in [-0.2, -0.15) is 4.80 Å². The first-order valence-corrected chi connectivity index (χ1v) is 23.0. The number of imidazole rings is 1. The fourth-order valence-electron chi connectivity index (χ4n) is 9.31. The van der Waals surface area contributed by atoms with Gasteiger partial charge >= 0.3 is 5.97 Å². The third kappa shape index (κ3) is 8.26. The molecule has 73 heavy (non-hydrogen) atoms. The molecule has 5 N–H and O–H groups in total. The quantitative estimate of drug-likeness (QED) is 0.107. The van der Waals surface area contributed by atoms with E-state index in [4.69, 9.17) is 9.51 Å².